The van der Waals surface area contributed by atoms with Crippen LogP contribution in [0.2, 0.25) is 5.02 Å². The van der Waals surface area contributed by atoms with Gasteiger partial charge in [-0.15, -0.1) is 0 Å². The van der Waals surface area contributed by atoms with Crippen molar-refractivity contribution in [1.82, 2.24) is 9.55 Å². The summed E-state index contributed by atoms with van der Waals surface area (Å²) in [5.74, 6) is 1.64. The van der Waals surface area contributed by atoms with E-state index in [9.17, 15) is 0 Å². The maximum Gasteiger partial charge on any atom is 0.121 e. The summed E-state index contributed by atoms with van der Waals surface area (Å²) in [7, 11) is 1.64. The van der Waals surface area contributed by atoms with Gasteiger partial charge in [0.25, 0.3) is 0 Å². The molecule has 1 heterocycles. The normalized spacial score (nSPS) is 10.8. The van der Waals surface area contributed by atoms with Crippen LogP contribution in [0.4, 0.5) is 0 Å². The van der Waals surface area contributed by atoms with Gasteiger partial charge in [-0.05, 0) is 49.4 Å². The second kappa shape index (κ2) is 5.47. The number of hydrogen-bond acceptors (Lipinski definition) is 3. The van der Waals surface area contributed by atoms with Crippen LogP contribution in [0.1, 0.15) is 5.82 Å². The Hall–Kier alpha value is -1.91. The molecule has 3 aromatic rings. The van der Waals surface area contributed by atoms with Gasteiger partial charge < -0.3 is 4.74 Å². The molecule has 0 spiro atoms. The van der Waals surface area contributed by atoms with E-state index < -0.39 is 0 Å². The Balaban J connectivity index is 2.28. The van der Waals surface area contributed by atoms with E-state index in [1.54, 1.807) is 7.11 Å². The summed E-state index contributed by atoms with van der Waals surface area (Å²) in [4.78, 5) is 4.60. The first kappa shape index (κ1) is 14.0. The summed E-state index contributed by atoms with van der Waals surface area (Å²) in [6.07, 6.45) is 0. The van der Waals surface area contributed by atoms with Gasteiger partial charge in [0.1, 0.15) is 16.2 Å². The molecule has 0 N–H and O–H groups in total. The van der Waals surface area contributed by atoms with Gasteiger partial charge in [0.15, 0.2) is 0 Å². The van der Waals surface area contributed by atoms with E-state index in [4.69, 9.17) is 28.6 Å². The van der Waals surface area contributed by atoms with Crippen LogP contribution in [0.3, 0.4) is 0 Å². The third-order valence-corrected chi connectivity index (χ3v) is 3.97. The van der Waals surface area contributed by atoms with Crippen molar-refractivity contribution in [2.45, 2.75) is 6.92 Å². The van der Waals surface area contributed by atoms with Gasteiger partial charge in [-0.3, -0.25) is 4.57 Å². The quantitative estimate of drug-likeness (QED) is 0.640. The van der Waals surface area contributed by atoms with E-state index in [0.29, 0.717) is 9.66 Å². The Morgan fingerprint density at radius 1 is 1.14 bits per heavy atom. The van der Waals surface area contributed by atoms with Gasteiger partial charge in [-0.1, -0.05) is 23.8 Å². The van der Waals surface area contributed by atoms with Gasteiger partial charge in [0.2, 0.25) is 0 Å². The van der Waals surface area contributed by atoms with Crippen molar-refractivity contribution in [2.75, 3.05) is 7.11 Å². The molecule has 3 nitrogen and oxygen atoms in total. The third-order valence-electron chi connectivity index (χ3n) is 3.33. The zero-order chi connectivity index (χ0) is 15.0. The number of halogens is 1. The molecule has 1 aromatic heterocycles. The summed E-state index contributed by atoms with van der Waals surface area (Å²) in [5, 5.41) is 1.53. The van der Waals surface area contributed by atoms with Crippen LogP contribution in [0.5, 0.6) is 5.75 Å². The van der Waals surface area contributed by atoms with Gasteiger partial charge in [-0.2, -0.15) is 0 Å². The average molecular weight is 317 g/mol. The van der Waals surface area contributed by atoms with Crippen molar-refractivity contribution in [3.05, 3.63) is 58.0 Å². The van der Waals surface area contributed by atoms with E-state index in [1.165, 1.54) is 0 Å². The number of methoxy groups -OCH3 is 1. The molecule has 0 unspecified atom stereocenters. The Labute approximate surface area is 132 Å². The van der Waals surface area contributed by atoms with Crippen LogP contribution in [-0.4, -0.2) is 16.7 Å². The number of rotatable bonds is 2. The molecule has 0 amide bonds. The summed E-state index contributed by atoms with van der Waals surface area (Å²) in [6.45, 7) is 1.94. The summed E-state index contributed by atoms with van der Waals surface area (Å²) in [5.41, 5.74) is 1.80. The summed E-state index contributed by atoms with van der Waals surface area (Å²) in [6, 6.07) is 13.3. The number of ether oxygens (including phenoxy) is 1. The smallest absolute Gasteiger partial charge is 0.121 e. The lowest BCUT2D eigenvalue weighted by atomic mass is 10.2. The first-order valence-electron chi connectivity index (χ1n) is 6.43. The first-order chi connectivity index (χ1) is 10.1. The minimum atomic E-state index is 0.653. The van der Waals surface area contributed by atoms with E-state index in [1.807, 2.05) is 54.0 Å². The molecule has 0 atom stereocenters. The molecule has 0 aliphatic heterocycles. The number of nitrogens with zero attached hydrogens (tertiary/aromatic N) is 2. The third kappa shape index (κ3) is 2.52. The highest BCUT2D eigenvalue weighted by Gasteiger charge is 2.08. The Morgan fingerprint density at radius 2 is 1.86 bits per heavy atom. The van der Waals surface area contributed by atoms with Crippen LogP contribution in [0.15, 0.2) is 42.5 Å². The van der Waals surface area contributed by atoms with Crippen molar-refractivity contribution < 1.29 is 4.74 Å². The van der Waals surface area contributed by atoms with Gasteiger partial charge in [0, 0.05) is 16.1 Å². The van der Waals surface area contributed by atoms with Crippen molar-refractivity contribution in [2.24, 2.45) is 0 Å². The molecule has 0 fully saturated rings. The number of aryl methyl sites for hydroxylation is 1. The summed E-state index contributed by atoms with van der Waals surface area (Å²) < 4.78 is 7.82. The first-order valence-corrected chi connectivity index (χ1v) is 7.22. The highest BCUT2D eigenvalue weighted by Crippen LogP contribution is 2.23. The van der Waals surface area contributed by atoms with E-state index in [2.05, 4.69) is 4.98 Å². The highest BCUT2D eigenvalue weighted by molar-refractivity contribution is 7.71. The Kier molecular flexibility index (Phi) is 3.66. The van der Waals surface area contributed by atoms with Crippen molar-refractivity contribution >= 4 is 34.7 Å². The molecular formula is C16H13ClN2OS. The predicted octanol–water partition coefficient (Wildman–Crippen LogP) is 4.73. The highest BCUT2D eigenvalue weighted by atomic mass is 35.5. The second-order valence-electron chi connectivity index (χ2n) is 4.66. The van der Waals surface area contributed by atoms with Crippen LogP contribution in [-0.2, 0) is 0 Å². The average Bonchev–Trinajstić information content (AvgIpc) is 2.49. The Morgan fingerprint density at radius 3 is 2.52 bits per heavy atom. The standard InChI is InChI=1S/C16H13ClN2OS/c1-10-18-15-8-3-11(17)9-14(15)16(21)19(10)12-4-6-13(20-2)7-5-12/h3-9H,1-2H3. The number of benzene rings is 2. The maximum absolute atomic E-state index is 6.07. The minimum Gasteiger partial charge on any atom is -0.497 e. The molecule has 5 heteroatoms. The van der Waals surface area contributed by atoms with E-state index >= 15 is 0 Å². The van der Waals surface area contributed by atoms with Crippen LogP contribution < -0.4 is 4.74 Å². The lowest BCUT2D eigenvalue weighted by Gasteiger charge is -2.13. The van der Waals surface area contributed by atoms with Crippen LogP contribution in [0.25, 0.3) is 16.6 Å². The molecule has 0 saturated carbocycles. The largest absolute Gasteiger partial charge is 0.497 e. The van der Waals surface area contributed by atoms with Crippen LogP contribution in [0, 0.1) is 11.6 Å². The number of hydrogen-bond donors (Lipinski definition) is 0. The zero-order valence-electron chi connectivity index (χ0n) is 11.6. The topological polar surface area (TPSA) is 27.1 Å². The molecule has 21 heavy (non-hydrogen) atoms. The number of fused-ring (bicyclic) bond motifs is 1. The molecule has 0 radical (unpaired) electrons. The molecule has 0 saturated heterocycles. The lowest BCUT2D eigenvalue weighted by Crippen LogP contribution is -2.05. The van der Waals surface area contributed by atoms with Gasteiger partial charge in [-0.25, -0.2) is 4.98 Å². The molecule has 0 aliphatic rings. The molecule has 2 aromatic carbocycles. The molecule has 3 rings (SSSR count). The predicted molar refractivity (Wildman–Crippen MR) is 88.2 cm³/mol. The van der Waals surface area contributed by atoms with Crippen molar-refractivity contribution in [1.29, 1.82) is 0 Å². The molecular weight excluding hydrogens is 304 g/mol. The fourth-order valence-corrected chi connectivity index (χ4v) is 2.88. The van der Waals surface area contributed by atoms with Crippen molar-refractivity contribution in [3.63, 3.8) is 0 Å². The van der Waals surface area contributed by atoms with Gasteiger partial charge in [0.05, 0.1) is 12.6 Å². The fourth-order valence-electron chi connectivity index (χ4n) is 2.30. The fraction of sp³-hybridized carbons (Fsp3) is 0.125. The van der Waals surface area contributed by atoms with E-state index in [-0.39, 0.29) is 0 Å². The van der Waals surface area contributed by atoms with Crippen molar-refractivity contribution in [3.8, 4) is 11.4 Å². The monoisotopic (exact) mass is 316 g/mol. The Bertz CT molecular complexity index is 872. The number of aromatic nitrogens is 2. The molecule has 0 aliphatic carbocycles. The molecule has 0 bridgehead atoms. The van der Waals surface area contributed by atoms with Gasteiger partial charge >= 0.3 is 0 Å². The second-order valence-corrected chi connectivity index (χ2v) is 5.48. The van der Waals surface area contributed by atoms with E-state index in [0.717, 1.165) is 28.2 Å². The van der Waals surface area contributed by atoms with Crippen LogP contribution >= 0.6 is 23.8 Å². The minimum absolute atomic E-state index is 0.653. The zero-order valence-corrected chi connectivity index (χ0v) is 13.2. The SMILES string of the molecule is COc1ccc(-n2c(C)nc3ccc(Cl)cc3c2=S)cc1. The summed E-state index contributed by atoms with van der Waals surface area (Å²) >= 11 is 11.7. The molecule has 106 valence electrons. The lowest BCUT2D eigenvalue weighted by molar-refractivity contribution is 0.414. The maximum atomic E-state index is 6.07.